The maximum atomic E-state index is 2.57. The van der Waals surface area contributed by atoms with Gasteiger partial charge in [-0.15, -0.1) is 0 Å². The number of hydrogen-bond acceptors (Lipinski definition) is 0. The van der Waals surface area contributed by atoms with Gasteiger partial charge >= 0.3 is 0 Å². The number of aryl methyl sites for hydroxylation is 2. The maximum Gasteiger partial charge on any atom is 0.0541 e. The molecular formula is C62H48N2. The van der Waals surface area contributed by atoms with Crippen molar-refractivity contribution in [3.63, 3.8) is 0 Å². The molecular weight excluding hydrogens is 773 g/mol. The normalized spacial score (nSPS) is 14.3. The molecule has 0 unspecified atom stereocenters. The second-order valence-electron chi connectivity index (χ2n) is 19.4. The fraction of sp³-hybridized carbons (Fsp3) is 0.129. The summed E-state index contributed by atoms with van der Waals surface area (Å²) in [4.78, 5) is 0. The first-order valence-electron chi connectivity index (χ1n) is 22.8. The van der Waals surface area contributed by atoms with Gasteiger partial charge in [-0.25, -0.2) is 0 Å². The number of nitrogens with zero attached hydrogens (tertiary/aromatic N) is 2. The van der Waals surface area contributed by atoms with Crippen LogP contribution < -0.4 is 0 Å². The van der Waals surface area contributed by atoms with Gasteiger partial charge in [0.2, 0.25) is 0 Å². The van der Waals surface area contributed by atoms with Crippen LogP contribution in [0, 0.1) is 13.8 Å². The van der Waals surface area contributed by atoms with Crippen LogP contribution >= 0.6 is 0 Å². The lowest BCUT2D eigenvalue weighted by molar-refractivity contribution is 0.652. The van der Waals surface area contributed by atoms with Gasteiger partial charge in [-0.2, -0.15) is 0 Å². The number of hydrogen-bond donors (Lipinski definition) is 0. The van der Waals surface area contributed by atoms with E-state index in [0.717, 1.165) is 0 Å². The van der Waals surface area contributed by atoms with Crippen LogP contribution in [0.4, 0.5) is 0 Å². The van der Waals surface area contributed by atoms with Crippen molar-refractivity contribution in [2.45, 2.75) is 52.4 Å². The van der Waals surface area contributed by atoms with Crippen molar-refractivity contribution < 1.29 is 0 Å². The second kappa shape index (κ2) is 13.1. The van der Waals surface area contributed by atoms with Gasteiger partial charge in [0, 0.05) is 43.5 Å². The van der Waals surface area contributed by atoms with Crippen LogP contribution in [0.1, 0.15) is 61.1 Å². The Labute approximate surface area is 374 Å². The van der Waals surface area contributed by atoms with Gasteiger partial charge < -0.3 is 9.13 Å². The molecule has 306 valence electrons. The lowest BCUT2D eigenvalue weighted by Crippen LogP contribution is -2.17. The third-order valence-electron chi connectivity index (χ3n) is 15.1. The van der Waals surface area contributed by atoms with Crippen LogP contribution in [0.3, 0.4) is 0 Å². The fourth-order valence-electron chi connectivity index (χ4n) is 12.1. The van der Waals surface area contributed by atoms with Crippen LogP contribution in [0.25, 0.3) is 99.5 Å². The van der Waals surface area contributed by atoms with Gasteiger partial charge in [-0.05, 0) is 141 Å². The van der Waals surface area contributed by atoms with Gasteiger partial charge in [-0.1, -0.05) is 149 Å². The first-order chi connectivity index (χ1) is 31.1. The molecule has 0 N–H and O–H groups in total. The molecule has 0 atom stereocenters. The van der Waals surface area contributed by atoms with Crippen LogP contribution in [0.5, 0.6) is 0 Å². The van der Waals surface area contributed by atoms with Crippen LogP contribution in [-0.2, 0) is 10.8 Å². The van der Waals surface area contributed by atoms with E-state index in [1.165, 1.54) is 133 Å². The minimum Gasteiger partial charge on any atom is -0.309 e. The number of fused-ring (bicyclic) bond motifs is 12. The molecule has 2 aromatic heterocycles. The molecule has 2 aliphatic carbocycles. The molecule has 0 saturated heterocycles. The fourth-order valence-corrected chi connectivity index (χ4v) is 12.1. The third kappa shape index (κ3) is 4.91. The Morgan fingerprint density at radius 2 is 0.625 bits per heavy atom. The summed E-state index contributed by atoms with van der Waals surface area (Å²) in [6.45, 7) is 14.4. The average molecular weight is 821 g/mol. The van der Waals surface area contributed by atoms with Crippen LogP contribution in [0.15, 0.2) is 182 Å². The van der Waals surface area contributed by atoms with Gasteiger partial charge in [0.25, 0.3) is 0 Å². The van der Waals surface area contributed by atoms with Crippen molar-refractivity contribution in [2.75, 3.05) is 0 Å². The summed E-state index contributed by atoms with van der Waals surface area (Å²) in [7, 11) is 0. The summed E-state index contributed by atoms with van der Waals surface area (Å²) >= 11 is 0. The predicted molar refractivity (Wildman–Crippen MR) is 271 cm³/mol. The first-order valence-corrected chi connectivity index (χ1v) is 22.8. The third-order valence-corrected chi connectivity index (χ3v) is 15.1. The van der Waals surface area contributed by atoms with Crippen molar-refractivity contribution in [3.05, 3.63) is 215 Å². The summed E-state index contributed by atoms with van der Waals surface area (Å²) in [6.07, 6.45) is 0. The van der Waals surface area contributed by atoms with E-state index in [2.05, 4.69) is 233 Å². The molecule has 0 spiro atoms. The highest BCUT2D eigenvalue weighted by atomic mass is 15.0. The zero-order valence-corrected chi connectivity index (χ0v) is 37.2. The zero-order valence-electron chi connectivity index (χ0n) is 37.2. The summed E-state index contributed by atoms with van der Waals surface area (Å²) < 4.78 is 4.92. The lowest BCUT2D eigenvalue weighted by Gasteiger charge is -2.25. The van der Waals surface area contributed by atoms with Crippen molar-refractivity contribution >= 4 is 43.6 Å². The SMILES string of the molecule is Cc1cc(-c2ccccc2-n2c3ccccc3c3ccccc32)cc2c1-c1cc3c(cc1C2(C)C)-c1c(C)cc(-c2ccccc2-n2c4ccccc4c4ccccc42)cc1C3(C)C. The first kappa shape index (κ1) is 37.2. The summed E-state index contributed by atoms with van der Waals surface area (Å²) in [5.41, 5.74) is 25.8. The quantitative estimate of drug-likeness (QED) is 0.167. The molecule has 0 aliphatic heterocycles. The largest absolute Gasteiger partial charge is 0.309 e. The van der Waals surface area contributed by atoms with Crippen molar-refractivity contribution in [2.24, 2.45) is 0 Å². The Morgan fingerprint density at radius 3 is 0.984 bits per heavy atom. The van der Waals surface area contributed by atoms with Crippen molar-refractivity contribution in [1.82, 2.24) is 9.13 Å². The molecule has 2 aliphatic rings. The standard InChI is InChI=1S/C62H48N2/c1-37-31-39(41-19-7-13-25-53(41)63-55-27-15-9-21-43(55)44-22-10-16-28-56(44)63)33-51-59(37)47-35-50-48(36-49(47)61(51,3)4)60-38(2)32-40(34-52(60)62(50,5)6)42-20-8-14-26-54(42)64-57-29-17-11-23-45(57)46-24-12-18-30-58(46)64/h7-36H,1-6H3. The van der Waals surface area contributed by atoms with E-state index in [1.807, 2.05) is 0 Å². The van der Waals surface area contributed by atoms with E-state index in [4.69, 9.17) is 0 Å². The molecule has 2 nitrogen and oxygen atoms in total. The minimum absolute atomic E-state index is 0.190. The monoisotopic (exact) mass is 820 g/mol. The molecule has 0 saturated carbocycles. The van der Waals surface area contributed by atoms with E-state index in [1.54, 1.807) is 0 Å². The maximum absolute atomic E-state index is 2.57. The van der Waals surface area contributed by atoms with E-state index in [-0.39, 0.29) is 10.8 Å². The Balaban J connectivity index is 0.942. The molecule has 0 bridgehead atoms. The Morgan fingerprint density at radius 1 is 0.312 bits per heavy atom. The number of para-hydroxylation sites is 6. The summed E-state index contributed by atoms with van der Waals surface area (Å²) in [5.74, 6) is 0. The predicted octanol–water partition coefficient (Wildman–Crippen LogP) is 16.4. The van der Waals surface area contributed by atoms with E-state index in [0.29, 0.717) is 0 Å². The lowest BCUT2D eigenvalue weighted by atomic mass is 9.79. The van der Waals surface area contributed by atoms with Crippen molar-refractivity contribution in [3.8, 4) is 55.9 Å². The van der Waals surface area contributed by atoms with Gasteiger partial charge in [0.1, 0.15) is 0 Å². The highest BCUT2D eigenvalue weighted by Gasteiger charge is 2.43. The Hall–Kier alpha value is -7.42. The van der Waals surface area contributed by atoms with Crippen LogP contribution in [0.2, 0.25) is 0 Å². The van der Waals surface area contributed by atoms with E-state index in [9.17, 15) is 0 Å². The highest BCUT2D eigenvalue weighted by Crippen LogP contribution is 2.58. The summed E-state index contributed by atoms with van der Waals surface area (Å²) in [6, 6.07) is 68.2. The Kier molecular flexibility index (Phi) is 7.59. The molecule has 13 rings (SSSR count). The number of rotatable bonds is 4. The van der Waals surface area contributed by atoms with Gasteiger partial charge in [0.05, 0.1) is 33.4 Å². The molecule has 0 fully saturated rings. The molecule has 0 amide bonds. The highest BCUT2D eigenvalue weighted by molar-refractivity contribution is 6.11. The average Bonchev–Trinajstić information content (AvgIpc) is 3.97. The molecule has 64 heavy (non-hydrogen) atoms. The van der Waals surface area contributed by atoms with Crippen LogP contribution in [-0.4, -0.2) is 9.13 Å². The van der Waals surface area contributed by atoms with E-state index >= 15 is 0 Å². The molecule has 2 heterocycles. The topological polar surface area (TPSA) is 9.86 Å². The second-order valence-corrected chi connectivity index (χ2v) is 19.4. The van der Waals surface area contributed by atoms with Gasteiger partial charge in [-0.3, -0.25) is 0 Å². The zero-order chi connectivity index (χ0) is 43.2. The molecule has 11 aromatic rings. The smallest absolute Gasteiger partial charge is 0.0541 e. The van der Waals surface area contributed by atoms with E-state index < -0.39 is 0 Å². The molecule has 0 radical (unpaired) electrons. The minimum atomic E-state index is -0.190. The number of benzene rings is 9. The summed E-state index contributed by atoms with van der Waals surface area (Å²) in [5, 5.41) is 5.12. The molecule has 9 aromatic carbocycles. The van der Waals surface area contributed by atoms with Crippen molar-refractivity contribution in [1.29, 1.82) is 0 Å². The Bertz CT molecular complexity index is 3450. The molecule has 2 heteroatoms. The van der Waals surface area contributed by atoms with Gasteiger partial charge in [0.15, 0.2) is 0 Å². The number of aromatic nitrogens is 2.